The number of carbonyl (C=O) groups excluding carboxylic acids is 1. The Morgan fingerprint density at radius 2 is 1.72 bits per heavy atom. The molecule has 0 radical (unpaired) electrons. The number of fused-ring (bicyclic) bond motifs is 4. The molecular formula is C45H51N3O5. The van der Waals surface area contributed by atoms with Crippen molar-refractivity contribution < 1.29 is 19.2 Å². The standard InChI is InChI=1S/C45H51N3O5/c1-29(2)31-14-18-35-33(24-31)17-21-40-44(6,22-11-23-45(35,40)7)28-47-37-19-15-32(30-12-9-8-10-13-30)25-36(37)46-42(47)34-16-20-38(48(50)51)39(26-34)52-27-41(49)53-43(3,4)5/h8-10,12-16,18-20,24-26,29,40H,11,17,21-23,27-28H2,1-7H3/t40-,44+,45+/m0/s1. The maximum atomic E-state index is 12.6. The summed E-state index contributed by atoms with van der Waals surface area (Å²) >= 11 is 0. The summed E-state index contributed by atoms with van der Waals surface area (Å²) in [6.07, 6.45) is 5.60. The molecule has 3 atom stereocenters. The first-order chi connectivity index (χ1) is 25.1. The fourth-order valence-electron chi connectivity index (χ4n) is 9.30. The molecule has 7 rings (SSSR count). The number of aromatic nitrogens is 2. The van der Waals surface area contributed by atoms with Crippen LogP contribution in [0, 0.1) is 21.4 Å². The molecule has 0 aliphatic heterocycles. The maximum Gasteiger partial charge on any atom is 0.344 e. The van der Waals surface area contributed by atoms with Crippen LogP contribution in [0.25, 0.3) is 33.5 Å². The van der Waals surface area contributed by atoms with Gasteiger partial charge in [0.2, 0.25) is 0 Å². The molecule has 276 valence electrons. The smallest absolute Gasteiger partial charge is 0.344 e. The van der Waals surface area contributed by atoms with E-state index in [-0.39, 0.29) is 22.3 Å². The molecule has 1 aromatic heterocycles. The summed E-state index contributed by atoms with van der Waals surface area (Å²) in [5.74, 6) is 1.08. The summed E-state index contributed by atoms with van der Waals surface area (Å²) in [7, 11) is 0. The molecule has 2 aliphatic carbocycles. The molecule has 53 heavy (non-hydrogen) atoms. The van der Waals surface area contributed by atoms with Crippen molar-refractivity contribution >= 4 is 22.7 Å². The third-order valence-electron chi connectivity index (χ3n) is 11.7. The zero-order valence-electron chi connectivity index (χ0n) is 32.1. The molecule has 0 amide bonds. The van der Waals surface area contributed by atoms with E-state index in [0.717, 1.165) is 54.4 Å². The third kappa shape index (κ3) is 7.08. The predicted molar refractivity (Wildman–Crippen MR) is 210 cm³/mol. The monoisotopic (exact) mass is 713 g/mol. The lowest BCUT2D eigenvalue weighted by molar-refractivity contribution is -0.385. The van der Waals surface area contributed by atoms with Crippen molar-refractivity contribution in [2.24, 2.45) is 11.3 Å². The average molecular weight is 714 g/mol. The summed E-state index contributed by atoms with van der Waals surface area (Å²) in [5.41, 5.74) is 8.24. The Bertz CT molecular complexity index is 2180. The third-order valence-corrected chi connectivity index (χ3v) is 11.7. The van der Waals surface area contributed by atoms with Crippen LogP contribution in [0.15, 0.2) is 84.9 Å². The van der Waals surface area contributed by atoms with Crippen LogP contribution in [0.1, 0.15) is 96.8 Å². The van der Waals surface area contributed by atoms with Crippen LogP contribution in [0.3, 0.4) is 0 Å². The van der Waals surface area contributed by atoms with Gasteiger partial charge in [-0.3, -0.25) is 10.1 Å². The van der Waals surface area contributed by atoms with Crippen molar-refractivity contribution in [2.45, 2.75) is 104 Å². The van der Waals surface area contributed by atoms with Crippen molar-refractivity contribution in [1.82, 2.24) is 9.55 Å². The molecule has 1 fully saturated rings. The number of rotatable bonds is 9. The van der Waals surface area contributed by atoms with Gasteiger partial charge in [-0.1, -0.05) is 88.7 Å². The van der Waals surface area contributed by atoms with Gasteiger partial charge in [-0.15, -0.1) is 0 Å². The first-order valence-corrected chi connectivity index (χ1v) is 19.0. The maximum absolute atomic E-state index is 12.6. The van der Waals surface area contributed by atoms with Gasteiger partial charge in [0.15, 0.2) is 12.4 Å². The highest BCUT2D eigenvalue weighted by molar-refractivity contribution is 5.86. The number of nitro benzene ring substituents is 1. The van der Waals surface area contributed by atoms with Gasteiger partial charge >= 0.3 is 11.7 Å². The van der Waals surface area contributed by atoms with Crippen molar-refractivity contribution in [3.63, 3.8) is 0 Å². The Morgan fingerprint density at radius 3 is 2.43 bits per heavy atom. The van der Waals surface area contributed by atoms with Gasteiger partial charge in [0.05, 0.1) is 16.0 Å². The summed E-state index contributed by atoms with van der Waals surface area (Å²) in [6, 6.07) is 28.8. The average Bonchev–Trinajstić information content (AvgIpc) is 3.46. The van der Waals surface area contributed by atoms with Crippen molar-refractivity contribution in [2.75, 3.05) is 6.61 Å². The number of hydrogen-bond donors (Lipinski definition) is 0. The highest BCUT2D eigenvalue weighted by atomic mass is 16.6. The second-order valence-electron chi connectivity index (χ2n) is 17.0. The molecular weight excluding hydrogens is 663 g/mol. The zero-order valence-corrected chi connectivity index (χ0v) is 32.1. The van der Waals surface area contributed by atoms with Crippen LogP contribution in [0.5, 0.6) is 5.75 Å². The van der Waals surface area contributed by atoms with Gasteiger partial charge in [0.1, 0.15) is 11.4 Å². The van der Waals surface area contributed by atoms with Crippen LogP contribution in [-0.4, -0.2) is 32.7 Å². The molecule has 4 aromatic carbocycles. The molecule has 8 heteroatoms. The minimum Gasteiger partial charge on any atom is -0.475 e. The quantitative estimate of drug-likeness (QED) is 0.0857. The molecule has 1 saturated carbocycles. The molecule has 0 bridgehead atoms. The largest absolute Gasteiger partial charge is 0.475 e. The van der Waals surface area contributed by atoms with Crippen LogP contribution < -0.4 is 4.74 Å². The number of imidazole rings is 1. The van der Waals surface area contributed by atoms with E-state index in [1.807, 2.05) is 18.2 Å². The van der Waals surface area contributed by atoms with E-state index in [1.165, 1.54) is 29.2 Å². The van der Waals surface area contributed by atoms with Crippen LogP contribution in [-0.2, 0) is 27.9 Å². The number of aryl methyl sites for hydroxylation is 1. The molecule has 0 spiro atoms. The normalized spacial score (nSPS) is 21.2. The molecule has 2 aliphatic rings. The second kappa shape index (κ2) is 13.8. The van der Waals surface area contributed by atoms with E-state index in [1.54, 1.807) is 32.9 Å². The number of nitrogens with zero attached hydrogens (tertiary/aromatic N) is 3. The minimum absolute atomic E-state index is 0.00282. The van der Waals surface area contributed by atoms with Gasteiger partial charge in [-0.05, 0) is 121 Å². The number of carbonyl (C=O) groups is 1. The number of hydrogen-bond acceptors (Lipinski definition) is 6. The number of benzene rings is 4. The Balaban J connectivity index is 1.32. The van der Waals surface area contributed by atoms with Crippen molar-refractivity contribution in [1.29, 1.82) is 0 Å². The molecule has 8 nitrogen and oxygen atoms in total. The highest BCUT2D eigenvalue weighted by Gasteiger charge is 2.52. The molecule has 0 saturated heterocycles. The Hall–Kier alpha value is -4.98. The lowest BCUT2D eigenvalue weighted by Gasteiger charge is -2.56. The first-order valence-electron chi connectivity index (χ1n) is 19.0. The Kier molecular flexibility index (Phi) is 9.46. The summed E-state index contributed by atoms with van der Waals surface area (Å²) in [4.78, 5) is 29.5. The highest BCUT2D eigenvalue weighted by Crippen LogP contribution is 2.58. The van der Waals surface area contributed by atoms with Gasteiger partial charge < -0.3 is 14.0 Å². The molecule has 0 unspecified atom stereocenters. The van der Waals surface area contributed by atoms with E-state index in [9.17, 15) is 14.9 Å². The van der Waals surface area contributed by atoms with Gasteiger partial charge in [0.25, 0.3) is 0 Å². The van der Waals surface area contributed by atoms with Gasteiger partial charge in [-0.25, -0.2) is 9.78 Å². The molecule has 5 aromatic rings. The van der Waals surface area contributed by atoms with Crippen LogP contribution in [0.2, 0.25) is 0 Å². The molecule has 0 N–H and O–H groups in total. The SMILES string of the molecule is CC(C)c1ccc2c(c1)CC[C@H]1[C@@](C)(Cn3c(-c4ccc([N+](=O)[O-])c(OCC(=O)OC(C)(C)C)c4)nc4cc(-c5ccccc5)ccc43)CCC[C@]21C. The van der Waals surface area contributed by atoms with Crippen molar-refractivity contribution in [3.05, 3.63) is 112 Å². The Labute approximate surface area is 312 Å². The van der Waals surface area contributed by atoms with Crippen LogP contribution in [0.4, 0.5) is 5.69 Å². The first kappa shape index (κ1) is 36.4. The summed E-state index contributed by atoms with van der Waals surface area (Å²) in [6.45, 7) is 15.1. The summed E-state index contributed by atoms with van der Waals surface area (Å²) in [5, 5.41) is 12.1. The zero-order chi connectivity index (χ0) is 37.7. The Morgan fingerprint density at radius 1 is 0.962 bits per heavy atom. The number of ether oxygens (including phenoxy) is 2. The van der Waals surface area contributed by atoms with E-state index in [2.05, 4.69) is 80.8 Å². The van der Waals surface area contributed by atoms with Crippen LogP contribution >= 0.6 is 0 Å². The predicted octanol–water partition coefficient (Wildman–Crippen LogP) is 10.8. The second-order valence-corrected chi connectivity index (χ2v) is 17.0. The van der Waals surface area contributed by atoms with E-state index in [4.69, 9.17) is 14.5 Å². The lowest BCUT2D eigenvalue weighted by atomic mass is 9.49. The molecule has 1 heterocycles. The summed E-state index contributed by atoms with van der Waals surface area (Å²) < 4.78 is 13.6. The van der Waals surface area contributed by atoms with Gasteiger partial charge in [-0.2, -0.15) is 0 Å². The van der Waals surface area contributed by atoms with Gasteiger partial charge in [0, 0.05) is 18.2 Å². The van der Waals surface area contributed by atoms with E-state index in [0.29, 0.717) is 23.2 Å². The number of nitro groups is 1. The minimum atomic E-state index is -0.708. The fraction of sp³-hybridized carbons (Fsp3) is 0.422. The van der Waals surface area contributed by atoms with E-state index < -0.39 is 23.1 Å². The fourth-order valence-corrected chi connectivity index (χ4v) is 9.30. The van der Waals surface area contributed by atoms with Crippen molar-refractivity contribution in [3.8, 4) is 28.3 Å². The topological polar surface area (TPSA) is 96.5 Å². The van der Waals surface area contributed by atoms with E-state index >= 15 is 0 Å². The lowest BCUT2D eigenvalue weighted by Crippen LogP contribution is -2.50. The number of esters is 1.